The molecular formula is C21H38N6O8. The van der Waals surface area contributed by atoms with Gasteiger partial charge in [-0.3, -0.25) is 24.0 Å². The molecule has 14 nitrogen and oxygen atoms in total. The van der Waals surface area contributed by atoms with Crippen molar-refractivity contribution in [3.63, 3.8) is 0 Å². The molecule has 0 saturated heterocycles. The normalized spacial score (nSPS) is 14.3. The van der Waals surface area contributed by atoms with E-state index in [2.05, 4.69) is 16.0 Å². The summed E-state index contributed by atoms with van der Waals surface area (Å²) in [6.07, 6.45) is 0.203. The van der Waals surface area contributed by atoms with Crippen molar-refractivity contribution >= 4 is 35.6 Å². The highest BCUT2D eigenvalue weighted by Gasteiger charge is 2.31. The van der Waals surface area contributed by atoms with Crippen molar-refractivity contribution in [2.24, 2.45) is 23.1 Å². The summed E-state index contributed by atoms with van der Waals surface area (Å²) in [6, 6.07) is -4.84. The lowest BCUT2D eigenvalue weighted by atomic mass is 10.0. The maximum atomic E-state index is 13.0. The molecule has 0 aliphatic carbocycles. The first-order valence-electron chi connectivity index (χ1n) is 11.4. The van der Waals surface area contributed by atoms with Gasteiger partial charge in [0.05, 0.1) is 6.04 Å². The monoisotopic (exact) mass is 502 g/mol. The highest BCUT2D eigenvalue weighted by molar-refractivity contribution is 5.94. The molecule has 0 aliphatic heterocycles. The van der Waals surface area contributed by atoms with Crippen LogP contribution in [0.4, 0.5) is 0 Å². The van der Waals surface area contributed by atoms with E-state index in [4.69, 9.17) is 22.3 Å². The summed E-state index contributed by atoms with van der Waals surface area (Å²) >= 11 is 0. The predicted octanol–water partition coefficient (Wildman–Crippen LogP) is -2.23. The molecule has 0 radical (unpaired) electrons. The fourth-order valence-electron chi connectivity index (χ4n) is 3.05. The van der Waals surface area contributed by atoms with Gasteiger partial charge < -0.3 is 43.4 Å². The third kappa shape index (κ3) is 13.3. The Bertz CT molecular complexity index is 760. The van der Waals surface area contributed by atoms with E-state index in [0.717, 1.165) is 0 Å². The molecule has 14 heteroatoms. The maximum absolute atomic E-state index is 13.0. The summed E-state index contributed by atoms with van der Waals surface area (Å²) in [7, 11) is 0. The van der Waals surface area contributed by atoms with Crippen LogP contribution >= 0.6 is 0 Å². The average Bonchev–Trinajstić information content (AvgIpc) is 2.76. The summed E-state index contributed by atoms with van der Waals surface area (Å²) in [6.45, 7) is 3.52. The third-order valence-electron chi connectivity index (χ3n) is 5.13. The van der Waals surface area contributed by atoms with Gasteiger partial charge in [-0.25, -0.2) is 4.79 Å². The number of unbranched alkanes of at least 4 members (excludes halogenated alkanes) is 1. The zero-order chi connectivity index (χ0) is 27.1. The summed E-state index contributed by atoms with van der Waals surface area (Å²) in [4.78, 5) is 71.5. The number of carboxylic acids is 2. The molecule has 0 aromatic rings. The summed E-state index contributed by atoms with van der Waals surface area (Å²) in [5.41, 5.74) is 16.4. The Morgan fingerprint density at radius 3 is 1.80 bits per heavy atom. The third-order valence-corrected chi connectivity index (χ3v) is 5.13. The molecule has 0 aromatic heterocycles. The summed E-state index contributed by atoms with van der Waals surface area (Å²) < 4.78 is 0. The van der Waals surface area contributed by atoms with E-state index in [1.54, 1.807) is 13.8 Å². The maximum Gasteiger partial charge on any atom is 0.326 e. The number of aliphatic carboxylic acids is 2. The minimum atomic E-state index is -1.30. The topological polar surface area (TPSA) is 257 Å². The lowest BCUT2D eigenvalue weighted by Gasteiger charge is -2.26. The molecule has 4 unspecified atom stereocenters. The standard InChI is InChI=1S/C21H38N6O8/c1-11(2)17(21(34)35)27-20(33)14(7-8-15(24)28)26-19(32)13(5-3-4-10-22)25-18(31)12(23)6-9-16(29)30/h11-14,17H,3-10,22-23H2,1-2H3,(H2,24,28)(H,25,31)(H,26,32)(H,27,33)(H,29,30)(H,34,35). The average molecular weight is 503 g/mol. The van der Waals surface area contributed by atoms with Crippen molar-refractivity contribution in [3.05, 3.63) is 0 Å². The van der Waals surface area contributed by atoms with Gasteiger partial charge in [0.2, 0.25) is 23.6 Å². The lowest BCUT2D eigenvalue weighted by Crippen LogP contribution is -2.57. The van der Waals surface area contributed by atoms with Crippen LogP contribution in [0.1, 0.15) is 58.8 Å². The van der Waals surface area contributed by atoms with Crippen molar-refractivity contribution in [1.29, 1.82) is 0 Å². The minimum Gasteiger partial charge on any atom is -0.481 e. The fourth-order valence-corrected chi connectivity index (χ4v) is 3.05. The highest BCUT2D eigenvalue weighted by Crippen LogP contribution is 2.07. The second kappa shape index (κ2) is 16.4. The largest absolute Gasteiger partial charge is 0.481 e. The van der Waals surface area contributed by atoms with Crippen LogP contribution in [-0.4, -0.2) is 76.5 Å². The number of rotatable bonds is 18. The molecule has 4 atom stereocenters. The van der Waals surface area contributed by atoms with E-state index in [9.17, 15) is 33.9 Å². The minimum absolute atomic E-state index is 0.145. The molecule has 11 N–H and O–H groups in total. The highest BCUT2D eigenvalue weighted by atomic mass is 16.4. The molecule has 0 heterocycles. The second-order valence-corrected chi connectivity index (χ2v) is 8.52. The first-order valence-corrected chi connectivity index (χ1v) is 11.4. The van der Waals surface area contributed by atoms with Gasteiger partial charge in [0.15, 0.2) is 0 Å². The zero-order valence-corrected chi connectivity index (χ0v) is 20.1. The number of primary amides is 1. The molecule has 0 fully saturated rings. The number of nitrogens with two attached hydrogens (primary N) is 3. The van der Waals surface area contributed by atoms with Gasteiger partial charge in [-0.1, -0.05) is 13.8 Å². The van der Waals surface area contributed by atoms with Crippen LogP contribution < -0.4 is 33.2 Å². The number of carbonyl (C=O) groups excluding carboxylic acids is 4. The molecule has 0 aliphatic rings. The Kier molecular flexibility index (Phi) is 14.9. The molecule has 200 valence electrons. The number of amides is 4. The smallest absolute Gasteiger partial charge is 0.326 e. The van der Waals surface area contributed by atoms with Gasteiger partial charge >= 0.3 is 11.9 Å². The van der Waals surface area contributed by atoms with Crippen molar-refractivity contribution < 1.29 is 39.0 Å². The van der Waals surface area contributed by atoms with E-state index in [1.807, 2.05) is 0 Å². The lowest BCUT2D eigenvalue weighted by molar-refractivity contribution is -0.143. The van der Waals surface area contributed by atoms with Crippen LogP contribution in [0.3, 0.4) is 0 Å². The van der Waals surface area contributed by atoms with Gasteiger partial charge in [-0.2, -0.15) is 0 Å². The van der Waals surface area contributed by atoms with Crippen LogP contribution in [0, 0.1) is 5.92 Å². The number of carbonyl (C=O) groups is 6. The zero-order valence-electron chi connectivity index (χ0n) is 20.1. The number of nitrogens with one attached hydrogen (secondary N) is 3. The molecular weight excluding hydrogens is 464 g/mol. The van der Waals surface area contributed by atoms with Crippen molar-refractivity contribution in [1.82, 2.24) is 16.0 Å². The molecule has 4 amide bonds. The SMILES string of the molecule is CC(C)C(NC(=O)C(CCC(N)=O)NC(=O)C(CCCCN)NC(=O)C(N)CCC(=O)O)C(=O)O. The van der Waals surface area contributed by atoms with Crippen LogP contribution in [0.15, 0.2) is 0 Å². The molecule has 0 aromatic carbocycles. The van der Waals surface area contributed by atoms with Gasteiger partial charge in [0, 0.05) is 12.8 Å². The fraction of sp³-hybridized carbons (Fsp3) is 0.714. The van der Waals surface area contributed by atoms with E-state index in [-0.39, 0.29) is 32.1 Å². The van der Waals surface area contributed by atoms with E-state index < -0.39 is 65.7 Å². The van der Waals surface area contributed by atoms with E-state index in [1.165, 1.54) is 0 Å². The van der Waals surface area contributed by atoms with Crippen molar-refractivity contribution in [2.75, 3.05) is 6.54 Å². The van der Waals surface area contributed by atoms with Crippen LogP contribution in [0.25, 0.3) is 0 Å². The first kappa shape index (κ1) is 31.7. The predicted molar refractivity (Wildman–Crippen MR) is 124 cm³/mol. The Balaban J connectivity index is 5.55. The Morgan fingerprint density at radius 2 is 1.31 bits per heavy atom. The Labute approximate surface area is 203 Å². The second-order valence-electron chi connectivity index (χ2n) is 8.52. The van der Waals surface area contributed by atoms with Gasteiger partial charge in [-0.15, -0.1) is 0 Å². The molecule has 0 spiro atoms. The van der Waals surface area contributed by atoms with Crippen LogP contribution in [0.5, 0.6) is 0 Å². The van der Waals surface area contributed by atoms with Gasteiger partial charge in [0.1, 0.15) is 18.1 Å². The van der Waals surface area contributed by atoms with E-state index >= 15 is 0 Å². The van der Waals surface area contributed by atoms with Gasteiger partial charge in [-0.05, 0) is 44.6 Å². The number of hydrogen-bond acceptors (Lipinski definition) is 8. The quantitative estimate of drug-likeness (QED) is 0.0935. The van der Waals surface area contributed by atoms with Crippen LogP contribution in [-0.2, 0) is 28.8 Å². The summed E-state index contributed by atoms with van der Waals surface area (Å²) in [5, 5.41) is 25.3. The number of hydrogen-bond donors (Lipinski definition) is 8. The van der Waals surface area contributed by atoms with E-state index in [0.29, 0.717) is 19.4 Å². The summed E-state index contributed by atoms with van der Waals surface area (Å²) in [5.74, 6) is -5.92. The number of carboxylic acid groups (broad SMARTS) is 2. The molecule has 35 heavy (non-hydrogen) atoms. The molecule has 0 bridgehead atoms. The molecule has 0 saturated carbocycles. The van der Waals surface area contributed by atoms with Gasteiger partial charge in [0.25, 0.3) is 0 Å². The van der Waals surface area contributed by atoms with Crippen molar-refractivity contribution in [2.45, 2.75) is 83.0 Å². The Morgan fingerprint density at radius 1 is 0.771 bits per heavy atom. The Hall–Kier alpha value is -3.26. The van der Waals surface area contributed by atoms with Crippen molar-refractivity contribution in [3.8, 4) is 0 Å². The first-order chi connectivity index (χ1) is 16.3. The van der Waals surface area contributed by atoms with Crippen LogP contribution in [0.2, 0.25) is 0 Å². The molecule has 0 rings (SSSR count).